The highest BCUT2D eigenvalue weighted by Crippen LogP contribution is 2.39. The van der Waals surface area contributed by atoms with Gasteiger partial charge in [0.25, 0.3) is 0 Å². The van der Waals surface area contributed by atoms with Crippen LogP contribution in [0.2, 0.25) is 0 Å². The standard InChI is InChI=1S/C46H31NO/c1-3-10-32(11-4-1)36-13-9-14-37(30-36)33-18-24-40(25-19-33)47(39-15-5-2-6-16-39)41-26-20-34(21-27-41)38-23-28-44-43(31-38)46-42-17-8-7-12-35(42)22-29-45(46)48-44/h1-31H. The quantitative estimate of drug-likeness (QED) is 0.185. The molecule has 0 fully saturated rings. The zero-order valence-corrected chi connectivity index (χ0v) is 26.3. The minimum absolute atomic E-state index is 0.909. The molecule has 0 atom stereocenters. The molecule has 0 saturated carbocycles. The Morgan fingerprint density at radius 2 is 0.812 bits per heavy atom. The van der Waals surface area contributed by atoms with Gasteiger partial charge in [-0.15, -0.1) is 0 Å². The molecule has 0 radical (unpaired) electrons. The first-order valence-corrected chi connectivity index (χ1v) is 16.3. The monoisotopic (exact) mass is 613 g/mol. The predicted molar refractivity (Wildman–Crippen MR) is 202 cm³/mol. The maximum atomic E-state index is 6.26. The third kappa shape index (κ3) is 5.01. The van der Waals surface area contributed by atoms with E-state index in [1.165, 1.54) is 38.4 Å². The lowest BCUT2D eigenvalue weighted by Crippen LogP contribution is -2.09. The van der Waals surface area contributed by atoms with Gasteiger partial charge in [-0.2, -0.15) is 0 Å². The molecule has 0 bridgehead atoms. The molecule has 1 aromatic heterocycles. The molecule has 0 spiro atoms. The average molecular weight is 614 g/mol. The van der Waals surface area contributed by atoms with E-state index < -0.39 is 0 Å². The first-order chi connectivity index (χ1) is 23.8. The van der Waals surface area contributed by atoms with E-state index in [4.69, 9.17) is 4.42 Å². The van der Waals surface area contributed by atoms with Crippen molar-refractivity contribution in [2.24, 2.45) is 0 Å². The average Bonchev–Trinajstić information content (AvgIpc) is 3.55. The van der Waals surface area contributed by atoms with Crippen molar-refractivity contribution in [3.8, 4) is 33.4 Å². The molecule has 2 nitrogen and oxygen atoms in total. The molecule has 226 valence electrons. The molecular formula is C46H31NO. The Morgan fingerprint density at radius 1 is 0.312 bits per heavy atom. The van der Waals surface area contributed by atoms with Crippen LogP contribution in [0.1, 0.15) is 0 Å². The van der Waals surface area contributed by atoms with Crippen LogP contribution in [0.15, 0.2) is 192 Å². The Kier molecular flexibility index (Phi) is 6.84. The van der Waals surface area contributed by atoms with Crippen molar-refractivity contribution >= 4 is 49.8 Å². The minimum Gasteiger partial charge on any atom is -0.456 e. The van der Waals surface area contributed by atoms with Gasteiger partial charge >= 0.3 is 0 Å². The highest BCUT2D eigenvalue weighted by atomic mass is 16.3. The first-order valence-electron chi connectivity index (χ1n) is 16.3. The Morgan fingerprint density at radius 3 is 1.50 bits per heavy atom. The van der Waals surface area contributed by atoms with E-state index in [0.29, 0.717) is 0 Å². The van der Waals surface area contributed by atoms with E-state index >= 15 is 0 Å². The largest absolute Gasteiger partial charge is 0.456 e. The van der Waals surface area contributed by atoms with Gasteiger partial charge < -0.3 is 9.32 Å². The van der Waals surface area contributed by atoms with Crippen LogP contribution in [0, 0.1) is 0 Å². The van der Waals surface area contributed by atoms with Crippen molar-refractivity contribution in [1.29, 1.82) is 0 Å². The van der Waals surface area contributed by atoms with Gasteiger partial charge in [-0.05, 0) is 105 Å². The summed E-state index contributed by atoms with van der Waals surface area (Å²) >= 11 is 0. The molecule has 2 heteroatoms. The van der Waals surface area contributed by atoms with Crippen molar-refractivity contribution in [2.45, 2.75) is 0 Å². The smallest absolute Gasteiger partial charge is 0.136 e. The molecule has 48 heavy (non-hydrogen) atoms. The Bertz CT molecular complexity index is 2530. The fraction of sp³-hybridized carbons (Fsp3) is 0. The van der Waals surface area contributed by atoms with Crippen molar-refractivity contribution in [1.82, 2.24) is 0 Å². The number of hydrogen-bond donors (Lipinski definition) is 0. The van der Waals surface area contributed by atoms with Gasteiger partial charge in [0.05, 0.1) is 0 Å². The van der Waals surface area contributed by atoms with Crippen LogP contribution in [0.25, 0.3) is 66.1 Å². The second kappa shape index (κ2) is 11.8. The summed E-state index contributed by atoms with van der Waals surface area (Å²) in [5.41, 5.74) is 12.3. The zero-order chi connectivity index (χ0) is 31.9. The molecular weight excluding hydrogens is 583 g/mol. The number of furan rings is 1. The second-order valence-electron chi connectivity index (χ2n) is 12.2. The summed E-state index contributed by atoms with van der Waals surface area (Å²) in [6.07, 6.45) is 0. The van der Waals surface area contributed by atoms with E-state index in [9.17, 15) is 0 Å². The summed E-state index contributed by atoms with van der Waals surface area (Å²) in [4.78, 5) is 2.31. The van der Waals surface area contributed by atoms with Gasteiger partial charge in [0, 0.05) is 27.8 Å². The van der Waals surface area contributed by atoms with E-state index in [0.717, 1.165) is 44.7 Å². The fourth-order valence-corrected chi connectivity index (χ4v) is 6.87. The lowest BCUT2D eigenvalue weighted by molar-refractivity contribution is 0.669. The molecule has 0 unspecified atom stereocenters. The number of anilines is 3. The number of fused-ring (bicyclic) bond motifs is 5. The second-order valence-corrected chi connectivity index (χ2v) is 12.2. The minimum atomic E-state index is 0.909. The van der Waals surface area contributed by atoms with Gasteiger partial charge in [0.1, 0.15) is 11.2 Å². The molecule has 0 saturated heterocycles. The van der Waals surface area contributed by atoms with Crippen molar-refractivity contribution in [3.63, 3.8) is 0 Å². The normalized spacial score (nSPS) is 11.3. The van der Waals surface area contributed by atoms with Crippen LogP contribution >= 0.6 is 0 Å². The van der Waals surface area contributed by atoms with E-state index in [-0.39, 0.29) is 0 Å². The van der Waals surface area contributed by atoms with Crippen LogP contribution in [0.3, 0.4) is 0 Å². The molecule has 0 amide bonds. The number of rotatable bonds is 6. The van der Waals surface area contributed by atoms with Crippen LogP contribution in [0.4, 0.5) is 17.1 Å². The fourth-order valence-electron chi connectivity index (χ4n) is 6.87. The Hall–Kier alpha value is -6.38. The number of nitrogens with zero attached hydrogens (tertiary/aromatic N) is 1. The topological polar surface area (TPSA) is 16.4 Å². The molecule has 0 aliphatic heterocycles. The Labute approximate surface area is 279 Å². The number of benzene rings is 8. The third-order valence-corrected chi connectivity index (χ3v) is 9.26. The molecule has 0 N–H and O–H groups in total. The highest BCUT2D eigenvalue weighted by molar-refractivity contribution is 6.19. The van der Waals surface area contributed by atoms with E-state index in [2.05, 4.69) is 193 Å². The summed E-state index contributed by atoms with van der Waals surface area (Å²) in [6.45, 7) is 0. The summed E-state index contributed by atoms with van der Waals surface area (Å²) in [6, 6.07) is 66.9. The summed E-state index contributed by atoms with van der Waals surface area (Å²) < 4.78 is 6.26. The highest BCUT2D eigenvalue weighted by Gasteiger charge is 2.15. The summed E-state index contributed by atoms with van der Waals surface area (Å²) in [5.74, 6) is 0. The summed E-state index contributed by atoms with van der Waals surface area (Å²) in [5, 5.41) is 4.75. The Balaban J connectivity index is 1.06. The van der Waals surface area contributed by atoms with E-state index in [1.807, 2.05) is 0 Å². The van der Waals surface area contributed by atoms with Crippen LogP contribution in [0.5, 0.6) is 0 Å². The zero-order valence-electron chi connectivity index (χ0n) is 26.3. The van der Waals surface area contributed by atoms with Crippen molar-refractivity contribution < 1.29 is 4.42 Å². The lowest BCUT2D eigenvalue weighted by Gasteiger charge is -2.26. The first kappa shape index (κ1) is 27.9. The molecule has 8 aromatic carbocycles. The molecule has 9 rings (SSSR count). The molecule has 1 heterocycles. The number of hydrogen-bond acceptors (Lipinski definition) is 2. The van der Waals surface area contributed by atoms with Gasteiger partial charge in [-0.1, -0.05) is 127 Å². The maximum Gasteiger partial charge on any atom is 0.136 e. The molecule has 0 aliphatic carbocycles. The van der Waals surface area contributed by atoms with Crippen LogP contribution in [-0.2, 0) is 0 Å². The summed E-state index contributed by atoms with van der Waals surface area (Å²) in [7, 11) is 0. The van der Waals surface area contributed by atoms with Gasteiger partial charge in [0.2, 0.25) is 0 Å². The van der Waals surface area contributed by atoms with Crippen molar-refractivity contribution in [3.05, 3.63) is 188 Å². The molecule has 9 aromatic rings. The third-order valence-electron chi connectivity index (χ3n) is 9.26. The number of para-hydroxylation sites is 1. The van der Waals surface area contributed by atoms with Gasteiger partial charge in [-0.25, -0.2) is 0 Å². The predicted octanol–water partition coefficient (Wildman–Crippen LogP) is 13.2. The van der Waals surface area contributed by atoms with Crippen LogP contribution < -0.4 is 4.90 Å². The van der Waals surface area contributed by atoms with Crippen molar-refractivity contribution in [2.75, 3.05) is 4.90 Å². The van der Waals surface area contributed by atoms with Gasteiger partial charge in [0.15, 0.2) is 0 Å². The maximum absolute atomic E-state index is 6.26. The SMILES string of the molecule is c1ccc(-c2cccc(-c3ccc(N(c4ccccc4)c4ccc(-c5ccc6oc7ccc8ccccc8c7c6c5)cc4)cc3)c2)cc1. The van der Waals surface area contributed by atoms with E-state index in [1.54, 1.807) is 0 Å². The van der Waals surface area contributed by atoms with Crippen LogP contribution in [-0.4, -0.2) is 0 Å². The lowest BCUT2D eigenvalue weighted by atomic mass is 9.98. The van der Waals surface area contributed by atoms with Gasteiger partial charge in [-0.3, -0.25) is 0 Å². The molecule has 0 aliphatic rings.